The van der Waals surface area contributed by atoms with Crippen molar-refractivity contribution in [2.75, 3.05) is 33.7 Å². The van der Waals surface area contributed by atoms with Gasteiger partial charge in [-0.1, -0.05) is 29.3 Å². The van der Waals surface area contributed by atoms with Crippen LogP contribution < -0.4 is 5.73 Å². The molecular weight excluding hydrogens is 246 g/mol. The summed E-state index contributed by atoms with van der Waals surface area (Å²) in [5, 5.41) is 0. The summed E-state index contributed by atoms with van der Waals surface area (Å²) in [7, 11) is 4.45. The van der Waals surface area contributed by atoms with E-state index in [0.29, 0.717) is 18.6 Å². The Morgan fingerprint density at radius 2 is 1.95 bits per heavy atom. The molecule has 1 saturated heterocycles. The van der Waals surface area contributed by atoms with Gasteiger partial charge in [-0.2, -0.15) is 0 Å². The number of hydrogen-bond acceptors (Lipinski definition) is 3. The van der Waals surface area contributed by atoms with E-state index in [1.165, 1.54) is 36.1 Å². The predicted molar refractivity (Wildman–Crippen MR) is 86.0 cm³/mol. The number of likely N-dealkylation sites (tertiary alicyclic amines) is 1. The number of nitrogens with zero attached hydrogens (tertiary/aromatic N) is 2. The average Bonchev–Trinajstić information content (AvgIpc) is 2.38. The molecule has 0 amide bonds. The number of likely N-dealkylation sites (N-methyl/N-ethyl adjacent to an activating group) is 2. The third kappa shape index (κ3) is 3.60. The van der Waals surface area contributed by atoms with E-state index in [2.05, 4.69) is 55.9 Å². The van der Waals surface area contributed by atoms with Crippen molar-refractivity contribution in [3.05, 3.63) is 34.9 Å². The summed E-state index contributed by atoms with van der Waals surface area (Å²) >= 11 is 0. The summed E-state index contributed by atoms with van der Waals surface area (Å²) in [6.45, 7) is 7.38. The van der Waals surface area contributed by atoms with E-state index in [4.69, 9.17) is 5.73 Å². The number of piperidine rings is 1. The average molecular weight is 275 g/mol. The van der Waals surface area contributed by atoms with Crippen molar-refractivity contribution in [2.45, 2.75) is 38.8 Å². The molecule has 2 atom stereocenters. The highest BCUT2D eigenvalue weighted by molar-refractivity contribution is 5.31. The monoisotopic (exact) mass is 275 g/mol. The van der Waals surface area contributed by atoms with E-state index in [0.717, 1.165) is 6.54 Å². The van der Waals surface area contributed by atoms with Gasteiger partial charge in [0.2, 0.25) is 0 Å². The van der Waals surface area contributed by atoms with Crippen LogP contribution in [0.3, 0.4) is 0 Å². The lowest BCUT2D eigenvalue weighted by molar-refractivity contribution is 0.101. The van der Waals surface area contributed by atoms with Crippen LogP contribution in [0.15, 0.2) is 18.2 Å². The van der Waals surface area contributed by atoms with E-state index in [9.17, 15) is 0 Å². The standard InChI is InChI=1S/C17H29N3/c1-13-8-14(2)10-15(9-13)17(11-18)20(4)16-6-5-7-19(3)12-16/h8-10,16-17H,5-7,11-12,18H2,1-4H3. The molecule has 1 aromatic rings. The maximum atomic E-state index is 6.09. The van der Waals surface area contributed by atoms with Crippen molar-refractivity contribution in [3.8, 4) is 0 Å². The molecule has 1 heterocycles. The molecule has 112 valence electrons. The van der Waals surface area contributed by atoms with Crippen LogP contribution in [0, 0.1) is 13.8 Å². The van der Waals surface area contributed by atoms with Crippen LogP contribution in [0.4, 0.5) is 0 Å². The minimum absolute atomic E-state index is 0.324. The van der Waals surface area contributed by atoms with Crippen molar-refractivity contribution >= 4 is 0 Å². The second-order valence-corrected chi connectivity index (χ2v) is 6.40. The van der Waals surface area contributed by atoms with Gasteiger partial charge in [0.1, 0.15) is 0 Å². The van der Waals surface area contributed by atoms with Crippen molar-refractivity contribution < 1.29 is 0 Å². The molecule has 1 fully saturated rings. The highest BCUT2D eigenvalue weighted by Crippen LogP contribution is 2.26. The molecule has 0 aliphatic carbocycles. The Kier molecular flexibility index (Phi) is 5.19. The van der Waals surface area contributed by atoms with Gasteiger partial charge in [0.05, 0.1) is 0 Å². The topological polar surface area (TPSA) is 32.5 Å². The molecule has 0 spiro atoms. The summed E-state index contributed by atoms with van der Waals surface area (Å²) < 4.78 is 0. The molecule has 3 nitrogen and oxygen atoms in total. The second kappa shape index (κ2) is 6.70. The zero-order valence-corrected chi connectivity index (χ0v) is 13.4. The predicted octanol–water partition coefficient (Wildman–Crippen LogP) is 2.33. The molecule has 1 aromatic carbocycles. The van der Waals surface area contributed by atoms with Crippen LogP contribution in [0.2, 0.25) is 0 Å². The molecular formula is C17H29N3. The van der Waals surface area contributed by atoms with Crippen LogP contribution in [0.25, 0.3) is 0 Å². The molecule has 0 saturated carbocycles. The third-order valence-electron chi connectivity index (χ3n) is 4.52. The first-order chi connectivity index (χ1) is 9.51. The van der Waals surface area contributed by atoms with Gasteiger partial charge >= 0.3 is 0 Å². The van der Waals surface area contributed by atoms with E-state index in [-0.39, 0.29) is 0 Å². The number of hydrogen-bond donors (Lipinski definition) is 1. The van der Waals surface area contributed by atoms with Gasteiger partial charge < -0.3 is 10.6 Å². The Morgan fingerprint density at radius 1 is 1.30 bits per heavy atom. The molecule has 1 aliphatic rings. The summed E-state index contributed by atoms with van der Waals surface area (Å²) in [4.78, 5) is 4.92. The van der Waals surface area contributed by atoms with E-state index in [1.54, 1.807) is 0 Å². The van der Waals surface area contributed by atoms with E-state index >= 15 is 0 Å². The van der Waals surface area contributed by atoms with Crippen LogP contribution in [0.1, 0.15) is 35.6 Å². The Bertz CT molecular complexity index is 424. The summed E-state index contributed by atoms with van der Waals surface area (Å²) in [6, 6.07) is 7.74. The normalized spacial score (nSPS) is 22.2. The first-order valence-electron chi connectivity index (χ1n) is 7.70. The number of aryl methyl sites for hydroxylation is 2. The molecule has 0 bridgehead atoms. The molecule has 3 heteroatoms. The fourth-order valence-corrected chi connectivity index (χ4v) is 3.47. The minimum Gasteiger partial charge on any atom is -0.329 e. The molecule has 2 rings (SSSR count). The highest BCUT2D eigenvalue weighted by atomic mass is 15.2. The summed E-state index contributed by atoms with van der Waals surface area (Å²) in [5.41, 5.74) is 10.1. The lowest BCUT2D eigenvalue weighted by Crippen LogP contribution is -2.47. The van der Waals surface area contributed by atoms with Crippen LogP contribution in [0.5, 0.6) is 0 Å². The Balaban J connectivity index is 2.17. The van der Waals surface area contributed by atoms with Crippen molar-refractivity contribution in [2.24, 2.45) is 5.73 Å². The lowest BCUT2D eigenvalue weighted by atomic mass is 9.97. The second-order valence-electron chi connectivity index (χ2n) is 6.40. The van der Waals surface area contributed by atoms with Gasteiger partial charge in [-0.15, -0.1) is 0 Å². The van der Waals surface area contributed by atoms with Gasteiger partial charge in [0.25, 0.3) is 0 Å². The van der Waals surface area contributed by atoms with E-state index < -0.39 is 0 Å². The summed E-state index contributed by atoms with van der Waals surface area (Å²) in [5.74, 6) is 0. The zero-order valence-electron chi connectivity index (χ0n) is 13.4. The smallest absolute Gasteiger partial charge is 0.0471 e. The Morgan fingerprint density at radius 3 is 2.50 bits per heavy atom. The van der Waals surface area contributed by atoms with Crippen molar-refractivity contribution in [3.63, 3.8) is 0 Å². The SMILES string of the molecule is Cc1cc(C)cc(C(CN)N(C)C2CCCN(C)C2)c1. The molecule has 0 aromatic heterocycles. The number of rotatable bonds is 4. The van der Waals surface area contributed by atoms with Gasteiger partial charge in [0, 0.05) is 25.2 Å². The largest absolute Gasteiger partial charge is 0.329 e. The molecule has 2 unspecified atom stereocenters. The molecule has 20 heavy (non-hydrogen) atoms. The van der Waals surface area contributed by atoms with Crippen LogP contribution in [-0.4, -0.2) is 49.6 Å². The van der Waals surface area contributed by atoms with Gasteiger partial charge in [-0.25, -0.2) is 0 Å². The number of benzene rings is 1. The first kappa shape index (κ1) is 15.5. The summed E-state index contributed by atoms with van der Waals surface area (Å²) in [6.07, 6.45) is 2.57. The Hall–Kier alpha value is -0.900. The molecule has 2 N–H and O–H groups in total. The van der Waals surface area contributed by atoms with Crippen LogP contribution in [-0.2, 0) is 0 Å². The van der Waals surface area contributed by atoms with Gasteiger partial charge in [0.15, 0.2) is 0 Å². The van der Waals surface area contributed by atoms with E-state index in [1.807, 2.05) is 0 Å². The minimum atomic E-state index is 0.324. The fraction of sp³-hybridized carbons (Fsp3) is 0.647. The Labute approximate surface area is 123 Å². The lowest BCUT2D eigenvalue weighted by Gasteiger charge is -2.40. The highest BCUT2D eigenvalue weighted by Gasteiger charge is 2.26. The zero-order chi connectivity index (χ0) is 14.7. The number of nitrogens with two attached hydrogens (primary N) is 1. The molecule has 1 aliphatic heterocycles. The quantitative estimate of drug-likeness (QED) is 0.915. The van der Waals surface area contributed by atoms with Gasteiger partial charge in [-0.3, -0.25) is 4.90 Å². The van der Waals surface area contributed by atoms with Crippen LogP contribution >= 0.6 is 0 Å². The maximum Gasteiger partial charge on any atom is 0.0471 e. The van der Waals surface area contributed by atoms with Crippen molar-refractivity contribution in [1.29, 1.82) is 0 Å². The maximum absolute atomic E-state index is 6.09. The molecule has 0 radical (unpaired) electrons. The fourth-order valence-electron chi connectivity index (χ4n) is 3.47. The first-order valence-corrected chi connectivity index (χ1v) is 7.70. The van der Waals surface area contributed by atoms with Gasteiger partial charge in [-0.05, 0) is 52.9 Å². The third-order valence-corrected chi connectivity index (χ3v) is 4.52. The van der Waals surface area contributed by atoms with Crippen molar-refractivity contribution in [1.82, 2.24) is 9.80 Å².